The fraction of sp³-hybridized carbons (Fsp3) is 0.462. The first-order valence-electron chi connectivity index (χ1n) is 5.61. The van der Waals surface area contributed by atoms with Crippen LogP contribution in [0.2, 0.25) is 0 Å². The number of nitrogens with zero attached hydrogens (tertiary/aromatic N) is 1. The van der Waals surface area contributed by atoms with Gasteiger partial charge in [0, 0.05) is 12.4 Å². The van der Waals surface area contributed by atoms with Gasteiger partial charge in [-0.3, -0.25) is 4.98 Å². The van der Waals surface area contributed by atoms with E-state index in [1.165, 1.54) is 17.6 Å². The second kappa shape index (κ2) is 5.08. The maximum Gasteiger partial charge on any atom is 0.0723 e. The largest absolute Gasteiger partial charge is 0.389 e. The molecule has 0 spiro atoms. The lowest BCUT2D eigenvalue weighted by Gasteiger charge is -2.06. The average Bonchev–Trinajstić information content (AvgIpc) is 2.44. The first-order valence-corrected chi connectivity index (χ1v) is 5.61. The predicted octanol–water partition coefficient (Wildman–Crippen LogP) is 2.49. The molecule has 1 aliphatic rings. The number of aliphatic hydroxyl groups is 1. The summed E-state index contributed by atoms with van der Waals surface area (Å²) in [6, 6.07) is 4.08. The van der Waals surface area contributed by atoms with Crippen LogP contribution in [0.4, 0.5) is 0 Å². The average molecular weight is 203 g/mol. The lowest BCUT2D eigenvalue weighted by atomic mass is 10.0. The second-order valence-electron chi connectivity index (χ2n) is 4.17. The quantitative estimate of drug-likeness (QED) is 0.749. The summed E-state index contributed by atoms with van der Waals surface area (Å²) in [6.07, 6.45) is 10.8. The molecule has 1 unspecified atom stereocenters. The van der Waals surface area contributed by atoms with Crippen molar-refractivity contribution in [3.8, 4) is 0 Å². The van der Waals surface area contributed by atoms with Crippen LogP contribution in [0.3, 0.4) is 0 Å². The Hall–Kier alpha value is -1.15. The van der Waals surface area contributed by atoms with Gasteiger partial charge in [0.1, 0.15) is 0 Å². The molecule has 1 aromatic rings. The van der Waals surface area contributed by atoms with E-state index in [9.17, 15) is 5.11 Å². The molecule has 0 aromatic carbocycles. The maximum atomic E-state index is 9.65. The summed E-state index contributed by atoms with van der Waals surface area (Å²) in [5.74, 6) is 0. The monoisotopic (exact) mass is 203 g/mol. The zero-order valence-corrected chi connectivity index (χ0v) is 8.89. The minimum absolute atomic E-state index is 0.232. The molecule has 1 N–H and O–H groups in total. The molecule has 0 aliphatic heterocycles. The Bertz CT molecular complexity index is 332. The number of hydrogen-bond acceptors (Lipinski definition) is 2. The minimum atomic E-state index is -0.232. The molecule has 1 heterocycles. The summed E-state index contributed by atoms with van der Waals surface area (Å²) in [5, 5.41) is 9.65. The Morgan fingerprint density at radius 1 is 1.27 bits per heavy atom. The zero-order chi connectivity index (χ0) is 10.5. The van der Waals surface area contributed by atoms with Gasteiger partial charge in [-0.05, 0) is 43.4 Å². The molecule has 2 heteroatoms. The van der Waals surface area contributed by atoms with Crippen molar-refractivity contribution < 1.29 is 5.11 Å². The van der Waals surface area contributed by atoms with Crippen LogP contribution in [0.15, 0.2) is 36.2 Å². The normalized spacial score (nSPS) is 21.9. The van der Waals surface area contributed by atoms with Gasteiger partial charge >= 0.3 is 0 Å². The van der Waals surface area contributed by atoms with Gasteiger partial charge in [-0.2, -0.15) is 0 Å². The van der Waals surface area contributed by atoms with Crippen LogP contribution in [0, 0.1) is 0 Å². The molecule has 2 nitrogen and oxygen atoms in total. The van der Waals surface area contributed by atoms with E-state index in [4.69, 9.17) is 0 Å². The van der Waals surface area contributed by atoms with E-state index >= 15 is 0 Å². The Balaban J connectivity index is 2.04. The van der Waals surface area contributed by atoms with Gasteiger partial charge in [-0.15, -0.1) is 0 Å². The van der Waals surface area contributed by atoms with Gasteiger partial charge in [0.2, 0.25) is 0 Å². The summed E-state index contributed by atoms with van der Waals surface area (Å²) in [6.45, 7) is 0. The molecule has 0 radical (unpaired) electrons. The summed E-state index contributed by atoms with van der Waals surface area (Å²) in [7, 11) is 0. The molecule has 0 amide bonds. The molecule has 1 aromatic heterocycles. The number of aliphatic hydroxyl groups excluding tert-OH is 1. The van der Waals surface area contributed by atoms with Crippen LogP contribution in [0.25, 0.3) is 0 Å². The first-order chi connectivity index (χ1) is 7.34. The lowest BCUT2D eigenvalue weighted by molar-refractivity contribution is 0.211. The van der Waals surface area contributed by atoms with Crippen LogP contribution in [0.1, 0.15) is 31.2 Å². The molecule has 15 heavy (non-hydrogen) atoms. The Morgan fingerprint density at radius 3 is 2.87 bits per heavy atom. The van der Waals surface area contributed by atoms with Gasteiger partial charge < -0.3 is 5.11 Å². The van der Waals surface area contributed by atoms with Crippen LogP contribution in [0.5, 0.6) is 0 Å². The van der Waals surface area contributed by atoms with E-state index in [-0.39, 0.29) is 6.10 Å². The molecule has 2 rings (SSSR count). The van der Waals surface area contributed by atoms with Gasteiger partial charge in [0.25, 0.3) is 0 Å². The summed E-state index contributed by atoms with van der Waals surface area (Å²) < 4.78 is 0. The molecule has 1 atom stereocenters. The first kappa shape index (κ1) is 10.4. The highest BCUT2D eigenvalue weighted by atomic mass is 16.3. The van der Waals surface area contributed by atoms with Crippen molar-refractivity contribution in [3.63, 3.8) is 0 Å². The topological polar surface area (TPSA) is 33.1 Å². The van der Waals surface area contributed by atoms with Crippen LogP contribution in [-0.2, 0) is 6.42 Å². The second-order valence-corrected chi connectivity index (χ2v) is 4.17. The summed E-state index contributed by atoms with van der Waals surface area (Å²) in [4.78, 5) is 4.00. The van der Waals surface area contributed by atoms with Gasteiger partial charge in [0.15, 0.2) is 0 Å². The van der Waals surface area contributed by atoms with Crippen molar-refractivity contribution in [3.05, 3.63) is 41.7 Å². The van der Waals surface area contributed by atoms with Crippen molar-refractivity contribution in [2.24, 2.45) is 0 Å². The third-order valence-electron chi connectivity index (χ3n) is 2.86. The number of rotatable bonds is 2. The SMILES string of the molecule is OC1C=C(Cc2ccncc2)CCCC1. The van der Waals surface area contributed by atoms with E-state index in [1.807, 2.05) is 30.6 Å². The van der Waals surface area contributed by atoms with E-state index in [2.05, 4.69) is 4.98 Å². The van der Waals surface area contributed by atoms with Crippen LogP contribution in [-0.4, -0.2) is 16.2 Å². The molecular formula is C13H17NO. The van der Waals surface area contributed by atoms with E-state index in [0.29, 0.717) is 0 Å². The van der Waals surface area contributed by atoms with Crippen molar-refractivity contribution in [2.75, 3.05) is 0 Å². The van der Waals surface area contributed by atoms with Gasteiger partial charge in [-0.25, -0.2) is 0 Å². The molecule has 0 fully saturated rings. The van der Waals surface area contributed by atoms with Crippen molar-refractivity contribution in [1.82, 2.24) is 4.98 Å². The highest BCUT2D eigenvalue weighted by Gasteiger charge is 2.09. The third kappa shape index (κ3) is 3.17. The molecular weight excluding hydrogens is 186 g/mol. The summed E-state index contributed by atoms with van der Waals surface area (Å²) >= 11 is 0. The fourth-order valence-electron chi connectivity index (χ4n) is 2.05. The summed E-state index contributed by atoms with van der Waals surface area (Å²) in [5.41, 5.74) is 2.65. The number of aromatic nitrogens is 1. The number of allylic oxidation sites excluding steroid dienone is 1. The van der Waals surface area contributed by atoms with Crippen molar-refractivity contribution in [2.45, 2.75) is 38.2 Å². The zero-order valence-electron chi connectivity index (χ0n) is 8.89. The Morgan fingerprint density at radius 2 is 2.07 bits per heavy atom. The van der Waals surface area contributed by atoms with Crippen LogP contribution >= 0.6 is 0 Å². The van der Waals surface area contributed by atoms with Gasteiger partial charge in [-0.1, -0.05) is 18.1 Å². The Kier molecular flexibility index (Phi) is 3.51. The predicted molar refractivity (Wildman–Crippen MR) is 60.5 cm³/mol. The van der Waals surface area contributed by atoms with Crippen LogP contribution < -0.4 is 0 Å². The highest BCUT2D eigenvalue weighted by molar-refractivity contribution is 5.20. The van der Waals surface area contributed by atoms with E-state index in [0.717, 1.165) is 25.7 Å². The fourth-order valence-corrected chi connectivity index (χ4v) is 2.05. The molecule has 80 valence electrons. The minimum Gasteiger partial charge on any atom is -0.389 e. The maximum absolute atomic E-state index is 9.65. The number of pyridine rings is 1. The number of hydrogen-bond donors (Lipinski definition) is 1. The molecule has 1 aliphatic carbocycles. The smallest absolute Gasteiger partial charge is 0.0723 e. The lowest BCUT2D eigenvalue weighted by Crippen LogP contribution is -2.01. The Labute approximate surface area is 90.7 Å². The standard InChI is InChI=1S/C13H17NO/c15-13-4-2-1-3-12(10-13)9-11-5-7-14-8-6-11/h5-8,10,13,15H,1-4,9H2. The molecule has 0 saturated heterocycles. The third-order valence-corrected chi connectivity index (χ3v) is 2.86. The van der Waals surface area contributed by atoms with E-state index < -0.39 is 0 Å². The highest BCUT2D eigenvalue weighted by Crippen LogP contribution is 2.20. The molecule has 0 saturated carbocycles. The van der Waals surface area contributed by atoms with Crippen molar-refractivity contribution in [1.29, 1.82) is 0 Å². The van der Waals surface area contributed by atoms with Gasteiger partial charge in [0.05, 0.1) is 6.10 Å². The van der Waals surface area contributed by atoms with E-state index in [1.54, 1.807) is 0 Å². The molecule has 0 bridgehead atoms. The van der Waals surface area contributed by atoms with Crippen molar-refractivity contribution >= 4 is 0 Å².